The van der Waals surface area contributed by atoms with Crippen LogP contribution in [0.1, 0.15) is 11.6 Å². The monoisotopic (exact) mass is 392 g/mol. The molecule has 2 heterocycles. The molecule has 1 unspecified atom stereocenters. The molecule has 0 radical (unpaired) electrons. The van der Waals surface area contributed by atoms with Crippen molar-refractivity contribution in [2.24, 2.45) is 0 Å². The summed E-state index contributed by atoms with van der Waals surface area (Å²) in [7, 11) is 0. The maximum atomic E-state index is 13.1. The predicted octanol–water partition coefficient (Wildman–Crippen LogP) is 3.08. The summed E-state index contributed by atoms with van der Waals surface area (Å²) >= 11 is 7.19. The molecule has 0 saturated carbocycles. The van der Waals surface area contributed by atoms with Crippen molar-refractivity contribution in [1.82, 2.24) is 15.1 Å². The molecule has 0 fully saturated rings. The van der Waals surface area contributed by atoms with Gasteiger partial charge in [0.1, 0.15) is 5.82 Å². The van der Waals surface area contributed by atoms with E-state index in [0.29, 0.717) is 0 Å². The van der Waals surface area contributed by atoms with Gasteiger partial charge in [0.05, 0.1) is 11.1 Å². The molecule has 0 bridgehead atoms. The van der Waals surface area contributed by atoms with E-state index in [0.717, 1.165) is 11.6 Å². The first-order valence-corrected chi connectivity index (χ1v) is 8.92. The maximum absolute atomic E-state index is 13.1. The normalized spacial score (nSPS) is 11.8. The van der Waals surface area contributed by atoms with Crippen molar-refractivity contribution in [1.29, 1.82) is 0 Å². The highest BCUT2D eigenvalue weighted by Crippen LogP contribution is 2.20. The summed E-state index contributed by atoms with van der Waals surface area (Å²) in [4.78, 5) is 24.1. The summed E-state index contributed by atoms with van der Waals surface area (Å²) in [6.45, 7) is 0.189. The average molecular weight is 393 g/mol. The number of aromatic nitrogens is 2. The Hall–Kier alpha value is -2.71. The zero-order chi connectivity index (χ0) is 18.5. The molecule has 3 aromatic rings. The molecule has 134 valence electrons. The minimum absolute atomic E-state index is 0.139. The number of thiophene rings is 1. The van der Waals surface area contributed by atoms with Crippen molar-refractivity contribution in [3.8, 4) is 0 Å². The number of hydrogen-bond donors (Lipinski definition) is 2. The van der Waals surface area contributed by atoms with E-state index in [1.807, 2.05) is 16.8 Å². The van der Waals surface area contributed by atoms with Crippen LogP contribution in [0, 0.1) is 5.82 Å². The van der Waals surface area contributed by atoms with E-state index in [1.54, 1.807) is 23.1 Å². The molecule has 1 atom stereocenters. The van der Waals surface area contributed by atoms with Gasteiger partial charge < -0.3 is 10.6 Å². The van der Waals surface area contributed by atoms with Gasteiger partial charge in [0.15, 0.2) is 0 Å². The van der Waals surface area contributed by atoms with Gasteiger partial charge in [-0.3, -0.25) is 14.3 Å². The van der Waals surface area contributed by atoms with Crippen LogP contribution in [0.4, 0.5) is 10.1 Å². The molecule has 6 nitrogen and oxygen atoms in total. The Morgan fingerprint density at radius 1 is 1.31 bits per heavy atom. The fraction of sp³-hybridized carbons (Fsp3) is 0.118. The zero-order valence-electron chi connectivity index (χ0n) is 13.4. The lowest BCUT2D eigenvalue weighted by molar-refractivity contribution is -0.136. The van der Waals surface area contributed by atoms with Crippen molar-refractivity contribution in [3.05, 3.63) is 69.9 Å². The lowest BCUT2D eigenvalue weighted by Gasteiger charge is -2.17. The summed E-state index contributed by atoms with van der Waals surface area (Å²) in [5.41, 5.74) is 1.21. The molecule has 9 heteroatoms. The number of benzene rings is 1. The molecule has 1 aromatic carbocycles. The van der Waals surface area contributed by atoms with Gasteiger partial charge >= 0.3 is 11.8 Å². The van der Waals surface area contributed by atoms with E-state index >= 15 is 0 Å². The molecule has 0 spiro atoms. The van der Waals surface area contributed by atoms with E-state index in [4.69, 9.17) is 11.6 Å². The van der Waals surface area contributed by atoms with Gasteiger partial charge in [0, 0.05) is 24.6 Å². The van der Waals surface area contributed by atoms with Gasteiger partial charge in [-0.25, -0.2) is 4.39 Å². The SMILES string of the molecule is O=C(NCC(c1ccsc1)n1cccn1)C(=O)Nc1ccc(F)c(Cl)c1. The summed E-state index contributed by atoms with van der Waals surface area (Å²) in [6.07, 6.45) is 3.43. The fourth-order valence-corrected chi connectivity index (χ4v) is 3.21. The number of amides is 2. The average Bonchev–Trinajstić information content (AvgIpc) is 3.32. The van der Waals surface area contributed by atoms with Gasteiger partial charge in [0.2, 0.25) is 0 Å². The number of nitrogens with one attached hydrogen (secondary N) is 2. The van der Waals surface area contributed by atoms with Crippen LogP contribution in [-0.4, -0.2) is 28.1 Å². The number of nitrogens with zero attached hydrogens (tertiary/aromatic N) is 2. The van der Waals surface area contributed by atoms with Crippen LogP contribution < -0.4 is 10.6 Å². The molecular formula is C17H14ClFN4O2S. The van der Waals surface area contributed by atoms with Gasteiger partial charge in [-0.2, -0.15) is 16.4 Å². The van der Waals surface area contributed by atoms with Gasteiger partial charge in [0.25, 0.3) is 0 Å². The van der Waals surface area contributed by atoms with Crippen LogP contribution in [0.2, 0.25) is 5.02 Å². The highest BCUT2D eigenvalue weighted by atomic mass is 35.5. The zero-order valence-corrected chi connectivity index (χ0v) is 14.9. The van der Waals surface area contributed by atoms with Gasteiger partial charge in [-0.1, -0.05) is 11.6 Å². The van der Waals surface area contributed by atoms with Gasteiger partial charge in [-0.15, -0.1) is 0 Å². The Kier molecular flexibility index (Phi) is 5.65. The molecule has 2 aromatic heterocycles. The molecule has 0 aliphatic carbocycles. The molecule has 0 saturated heterocycles. The lowest BCUT2D eigenvalue weighted by atomic mass is 10.1. The van der Waals surface area contributed by atoms with Crippen LogP contribution in [0.25, 0.3) is 0 Å². The molecule has 0 aliphatic heterocycles. The molecular weight excluding hydrogens is 379 g/mol. The van der Waals surface area contributed by atoms with Crippen molar-refractivity contribution >= 4 is 40.4 Å². The summed E-state index contributed by atoms with van der Waals surface area (Å²) in [6, 6.07) is 7.16. The Morgan fingerprint density at radius 2 is 2.15 bits per heavy atom. The number of halogens is 2. The highest BCUT2D eigenvalue weighted by molar-refractivity contribution is 7.08. The van der Waals surface area contributed by atoms with Crippen molar-refractivity contribution in [2.75, 3.05) is 11.9 Å². The number of carbonyl (C=O) groups excluding carboxylic acids is 2. The van der Waals surface area contributed by atoms with Gasteiger partial charge in [-0.05, 0) is 46.7 Å². The van der Waals surface area contributed by atoms with E-state index < -0.39 is 17.6 Å². The maximum Gasteiger partial charge on any atom is 0.313 e. The first-order chi connectivity index (χ1) is 12.5. The Balaban J connectivity index is 1.63. The van der Waals surface area contributed by atoms with Crippen molar-refractivity contribution in [3.63, 3.8) is 0 Å². The second-order valence-electron chi connectivity index (χ2n) is 5.35. The number of carbonyl (C=O) groups is 2. The number of hydrogen-bond acceptors (Lipinski definition) is 4. The second kappa shape index (κ2) is 8.11. The van der Waals surface area contributed by atoms with E-state index in [1.165, 1.54) is 23.5 Å². The fourth-order valence-electron chi connectivity index (χ4n) is 2.33. The minimum Gasteiger partial charge on any atom is -0.345 e. The third kappa shape index (κ3) is 4.27. The molecule has 0 aliphatic rings. The second-order valence-corrected chi connectivity index (χ2v) is 6.54. The molecule has 3 rings (SSSR count). The number of anilines is 1. The van der Waals surface area contributed by atoms with Crippen molar-refractivity contribution < 1.29 is 14.0 Å². The van der Waals surface area contributed by atoms with E-state index in [-0.39, 0.29) is 23.3 Å². The first kappa shape index (κ1) is 18.1. The van der Waals surface area contributed by atoms with Crippen LogP contribution in [0.5, 0.6) is 0 Å². The quantitative estimate of drug-likeness (QED) is 0.655. The molecule has 2 amide bonds. The highest BCUT2D eigenvalue weighted by Gasteiger charge is 2.19. The third-order valence-corrected chi connectivity index (χ3v) is 4.60. The molecule has 2 N–H and O–H groups in total. The number of rotatable bonds is 5. The Labute approximate surface area is 157 Å². The first-order valence-electron chi connectivity index (χ1n) is 7.60. The molecule has 26 heavy (non-hydrogen) atoms. The van der Waals surface area contributed by atoms with Crippen LogP contribution in [-0.2, 0) is 9.59 Å². The smallest absolute Gasteiger partial charge is 0.313 e. The third-order valence-electron chi connectivity index (χ3n) is 3.61. The summed E-state index contributed by atoms with van der Waals surface area (Å²) < 4.78 is 14.9. The predicted molar refractivity (Wildman–Crippen MR) is 97.7 cm³/mol. The summed E-state index contributed by atoms with van der Waals surface area (Å²) in [5, 5.41) is 12.9. The summed E-state index contributed by atoms with van der Waals surface area (Å²) in [5.74, 6) is -2.28. The van der Waals surface area contributed by atoms with Crippen LogP contribution in [0.15, 0.2) is 53.5 Å². The van der Waals surface area contributed by atoms with E-state index in [2.05, 4.69) is 15.7 Å². The van der Waals surface area contributed by atoms with Crippen molar-refractivity contribution in [2.45, 2.75) is 6.04 Å². The topological polar surface area (TPSA) is 76.0 Å². The minimum atomic E-state index is -0.864. The Bertz CT molecular complexity index is 865. The standard InChI is InChI=1S/C17H14ClFN4O2S/c18-13-8-12(2-3-14(13)19)22-17(25)16(24)20-9-15(11-4-7-26-10-11)23-6-1-5-21-23/h1-8,10,15H,9H2,(H,20,24)(H,22,25). The van der Waals surface area contributed by atoms with Crippen LogP contribution >= 0.6 is 22.9 Å². The lowest BCUT2D eigenvalue weighted by Crippen LogP contribution is -2.38. The Morgan fingerprint density at radius 3 is 2.81 bits per heavy atom. The largest absolute Gasteiger partial charge is 0.345 e. The van der Waals surface area contributed by atoms with Crippen LogP contribution in [0.3, 0.4) is 0 Å². The van der Waals surface area contributed by atoms with E-state index in [9.17, 15) is 14.0 Å².